The molecule has 0 amide bonds. The van der Waals surface area contributed by atoms with E-state index >= 15 is 0 Å². The van der Waals surface area contributed by atoms with Crippen molar-refractivity contribution in [2.24, 2.45) is 0 Å². The van der Waals surface area contributed by atoms with Crippen LogP contribution in [0.3, 0.4) is 0 Å². The second-order valence-electron chi connectivity index (χ2n) is 13.4. The molecule has 0 aliphatic rings. The second-order valence-corrected chi connectivity index (χ2v) is 15.9. The van der Waals surface area contributed by atoms with Gasteiger partial charge in [-0.15, -0.1) is 0 Å². The minimum absolute atomic E-state index is 0.948. The molecule has 0 bridgehead atoms. The standard InChI is InChI=1S/C40H82OS2/c1-3-5-7-9-11-13-15-17-19-21-23-25-27-29-31-33-37-42-39-35-41-36-40-43-38-34-32-30-28-26-24-22-20-18-16-14-12-10-8-6-4-2/h3-40H2,1-2H3. The van der Waals surface area contributed by atoms with Crippen LogP contribution in [0.2, 0.25) is 0 Å². The quantitative estimate of drug-likeness (QED) is 0.0615. The first-order chi connectivity index (χ1) is 21.4. The van der Waals surface area contributed by atoms with Crippen LogP contribution in [-0.4, -0.2) is 36.2 Å². The largest absolute Gasteiger partial charge is 0.380 e. The van der Waals surface area contributed by atoms with E-state index in [1.807, 2.05) is 0 Å². The molecule has 0 spiro atoms. The van der Waals surface area contributed by atoms with Crippen molar-refractivity contribution in [2.45, 2.75) is 219 Å². The Morgan fingerprint density at radius 3 is 0.698 bits per heavy atom. The van der Waals surface area contributed by atoms with Gasteiger partial charge in [-0.25, -0.2) is 0 Å². The van der Waals surface area contributed by atoms with E-state index in [9.17, 15) is 0 Å². The highest BCUT2D eigenvalue weighted by molar-refractivity contribution is 7.99. The summed E-state index contributed by atoms with van der Waals surface area (Å²) in [5.74, 6) is 5.02. The predicted molar refractivity (Wildman–Crippen MR) is 205 cm³/mol. The topological polar surface area (TPSA) is 9.23 Å². The van der Waals surface area contributed by atoms with Crippen LogP contribution in [0.4, 0.5) is 0 Å². The molecule has 0 aromatic heterocycles. The molecule has 0 radical (unpaired) electrons. The summed E-state index contributed by atoms with van der Waals surface area (Å²) in [5.41, 5.74) is 0. The van der Waals surface area contributed by atoms with E-state index in [2.05, 4.69) is 37.4 Å². The molecule has 0 unspecified atom stereocenters. The van der Waals surface area contributed by atoms with Gasteiger partial charge in [-0.2, -0.15) is 23.5 Å². The number of hydrogen-bond acceptors (Lipinski definition) is 3. The SMILES string of the molecule is CCCCCCCCCCCCCCCCCCSCCOCCSCCCCCCCCCCCCCCCCCC. The van der Waals surface area contributed by atoms with E-state index < -0.39 is 0 Å². The molecule has 0 aliphatic carbocycles. The van der Waals surface area contributed by atoms with Crippen molar-refractivity contribution < 1.29 is 4.74 Å². The lowest BCUT2D eigenvalue weighted by Crippen LogP contribution is -2.02. The normalized spacial score (nSPS) is 11.6. The molecule has 0 saturated carbocycles. The van der Waals surface area contributed by atoms with Crippen LogP contribution in [0, 0.1) is 0 Å². The number of ether oxygens (including phenoxy) is 1. The smallest absolute Gasteiger partial charge is 0.0557 e. The Bertz CT molecular complexity index is 418. The minimum atomic E-state index is 0.948. The van der Waals surface area contributed by atoms with E-state index in [-0.39, 0.29) is 0 Å². The highest BCUT2D eigenvalue weighted by atomic mass is 32.2. The Balaban J connectivity index is 3.02. The van der Waals surface area contributed by atoms with Crippen molar-refractivity contribution in [3.05, 3.63) is 0 Å². The van der Waals surface area contributed by atoms with Crippen LogP contribution in [0.1, 0.15) is 219 Å². The Labute approximate surface area is 282 Å². The molecular weight excluding hydrogens is 561 g/mol. The van der Waals surface area contributed by atoms with E-state index in [0.717, 1.165) is 13.2 Å². The summed E-state index contributed by atoms with van der Waals surface area (Å²) < 4.78 is 5.86. The van der Waals surface area contributed by atoms with Crippen LogP contribution < -0.4 is 0 Å². The Hall–Kier alpha value is 0.660. The molecule has 0 atom stereocenters. The van der Waals surface area contributed by atoms with E-state index in [1.54, 1.807) is 0 Å². The van der Waals surface area contributed by atoms with Crippen molar-refractivity contribution in [2.75, 3.05) is 36.2 Å². The molecule has 0 N–H and O–H groups in total. The van der Waals surface area contributed by atoms with Crippen molar-refractivity contribution >= 4 is 23.5 Å². The molecular formula is C40H82OS2. The lowest BCUT2D eigenvalue weighted by Gasteiger charge is -2.06. The molecule has 260 valence electrons. The van der Waals surface area contributed by atoms with Gasteiger partial charge < -0.3 is 4.74 Å². The highest BCUT2D eigenvalue weighted by Crippen LogP contribution is 2.16. The Morgan fingerprint density at radius 1 is 0.256 bits per heavy atom. The first kappa shape index (κ1) is 43.7. The molecule has 0 aromatic rings. The summed E-state index contributed by atoms with van der Waals surface area (Å²) in [6.45, 7) is 6.51. The maximum atomic E-state index is 5.86. The monoisotopic (exact) mass is 643 g/mol. The fourth-order valence-corrected chi connectivity index (χ4v) is 7.74. The van der Waals surface area contributed by atoms with Gasteiger partial charge in [-0.3, -0.25) is 0 Å². The third kappa shape index (κ3) is 42.7. The molecule has 0 aromatic carbocycles. The van der Waals surface area contributed by atoms with Crippen molar-refractivity contribution in [1.82, 2.24) is 0 Å². The lowest BCUT2D eigenvalue weighted by molar-refractivity contribution is 0.167. The summed E-state index contributed by atoms with van der Waals surface area (Å²) >= 11 is 4.20. The zero-order valence-corrected chi connectivity index (χ0v) is 31.7. The van der Waals surface area contributed by atoms with Gasteiger partial charge in [0.1, 0.15) is 0 Å². The molecule has 3 heteroatoms. The van der Waals surface area contributed by atoms with Crippen molar-refractivity contribution in [3.63, 3.8) is 0 Å². The summed E-state index contributed by atoms with van der Waals surface area (Å²) in [4.78, 5) is 0. The molecule has 0 heterocycles. The first-order valence-corrected chi connectivity index (χ1v) is 22.5. The third-order valence-corrected chi connectivity index (χ3v) is 11.1. The maximum Gasteiger partial charge on any atom is 0.0557 e. The zero-order chi connectivity index (χ0) is 31.0. The van der Waals surface area contributed by atoms with E-state index in [1.165, 1.54) is 228 Å². The van der Waals surface area contributed by atoms with Gasteiger partial charge in [0.2, 0.25) is 0 Å². The zero-order valence-electron chi connectivity index (χ0n) is 30.1. The van der Waals surface area contributed by atoms with Gasteiger partial charge in [-0.05, 0) is 24.3 Å². The lowest BCUT2D eigenvalue weighted by atomic mass is 10.0. The Morgan fingerprint density at radius 2 is 0.465 bits per heavy atom. The molecule has 43 heavy (non-hydrogen) atoms. The minimum Gasteiger partial charge on any atom is -0.380 e. The summed E-state index contributed by atoms with van der Waals surface area (Å²) in [6.07, 6.45) is 46.6. The van der Waals surface area contributed by atoms with Gasteiger partial charge in [0, 0.05) is 11.5 Å². The van der Waals surface area contributed by atoms with Gasteiger partial charge in [0.25, 0.3) is 0 Å². The van der Waals surface area contributed by atoms with Gasteiger partial charge >= 0.3 is 0 Å². The molecule has 0 saturated heterocycles. The van der Waals surface area contributed by atoms with Gasteiger partial charge in [0.05, 0.1) is 13.2 Å². The molecule has 0 aliphatic heterocycles. The predicted octanol–water partition coefficient (Wildman–Crippen LogP) is 15.0. The number of unbranched alkanes of at least 4 members (excludes halogenated alkanes) is 30. The summed E-state index contributed by atoms with van der Waals surface area (Å²) in [5, 5.41) is 0. The Kier molecular flexibility index (Phi) is 43.3. The molecule has 0 rings (SSSR count). The highest BCUT2D eigenvalue weighted by Gasteiger charge is 1.98. The third-order valence-electron chi connectivity index (χ3n) is 9.03. The van der Waals surface area contributed by atoms with E-state index in [0.29, 0.717) is 0 Å². The summed E-state index contributed by atoms with van der Waals surface area (Å²) in [7, 11) is 0. The van der Waals surface area contributed by atoms with Crippen molar-refractivity contribution in [3.8, 4) is 0 Å². The van der Waals surface area contributed by atoms with Crippen LogP contribution >= 0.6 is 23.5 Å². The summed E-state index contributed by atoms with van der Waals surface area (Å²) in [6, 6.07) is 0. The maximum absolute atomic E-state index is 5.86. The number of rotatable bonds is 40. The van der Waals surface area contributed by atoms with Crippen LogP contribution in [-0.2, 0) is 4.74 Å². The van der Waals surface area contributed by atoms with Crippen LogP contribution in [0.25, 0.3) is 0 Å². The fourth-order valence-electron chi connectivity index (χ4n) is 6.05. The van der Waals surface area contributed by atoms with Gasteiger partial charge in [0.15, 0.2) is 0 Å². The average molecular weight is 643 g/mol. The molecule has 1 nitrogen and oxygen atoms in total. The van der Waals surface area contributed by atoms with Crippen molar-refractivity contribution in [1.29, 1.82) is 0 Å². The van der Waals surface area contributed by atoms with Gasteiger partial charge in [-0.1, -0.05) is 206 Å². The van der Waals surface area contributed by atoms with E-state index in [4.69, 9.17) is 4.74 Å². The second kappa shape index (κ2) is 42.7. The first-order valence-electron chi connectivity index (χ1n) is 20.1. The number of hydrogen-bond donors (Lipinski definition) is 0. The van der Waals surface area contributed by atoms with Crippen LogP contribution in [0.5, 0.6) is 0 Å². The fraction of sp³-hybridized carbons (Fsp3) is 1.00. The van der Waals surface area contributed by atoms with Crippen LogP contribution in [0.15, 0.2) is 0 Å². The molecule has 0 fully saturated rings. The number of thioether (sulfide) groups is 2. The average Bonchev–Trinajstić information content (AvgIpc) is 3.02.